The van der Waals surface area contributed by atoms with Gasteiger partial charge in [0.1, 0.15) is 11.4 Å². The van der Waals surface area contributed by atoms with Gasteiger partial charge in [0.15, 0.2) is 5.82 Å². The maximum Gasteiger partial charge on any atom is 0.159 e. The number of fused-ring (bicyclic) bond motifs is 1. The molecule has 5 rings (SSSR count). The molecule has 186 valence electrons. The van der Waals surface area contributed by atoms with Crippen LogP contribution in [0.5, 0.6) is 0 Å². The van der Waals surface area contributed by atoms with Gasteiger partial charge in [0.25, 0.3) is 0 Å². The van der Waals surface area contributed by atoms with E-state index >= 15 is 0 Å². The summed E-state index contributed by atoms with van der Waals surface area (Å²) in [5.74, 6) is -0.00414. The molecule has 0 bridgehead atoms. The molecule has 0 radical (unpaired) electrons. The highest BCUT2D eigenvalue weighted by molar-refractivity contribution is 6.34. The molecule has 0 aliphatic rings. The molecule has 1 unspecified atom stereocenters. The van der Waals surface area contributed by atoms with Gasteiger partial charge >= 0.3 is 0 Å². The van der Waals surface area contributed by atoms with E-state index in [1.165, 1.54) is 6.07 Å². The summed E-state index contributed by atoms with van der Waals surface area (Å²) < 4.78 is 14.9. The second-order valence-corrected chi connectivity index (χ2v) is 9.67. The Morgan fingerprint density at radius 1 is 0.892 bits per heavy atom. The van der Waals surface area contributed by atoms with Crippen molar-refractivity contribution in [3.8, 4) is 22.4 Å². The molecule has 37 heavy (non-hydrogen) atoms. The van der Waals surface area contributed by atoms with Gasteiger partial charge < -0.3 is 10.4 Å². The highest BCUT2D eigenvalue weighted by Crippen LogP contribution is 2.36. The Morgan fingerprint density at radius 3 is 2.35 bits per heavy atom. The number of hydrogen-bond acceptors (Lipinski definition) is 7. The summed E-state index contributed by atoms with van der Waals surface area (Å²) in [6.45, 7) is 5.14. The molecule has 0 saturated heterocycles. The molecule has 0 aliphatic heterocycles. The molecule has 3 aromatic heterocycles. The largest absolute Gasteiger partial charge is 0.382 e. The number of halogens is 2. The SMILES string of the molecule is CC(Nc1c(Cl)cnc2ccc(-c3cnc(C(C)(C)O)nc3)cc12)c1cc(-c2cnccn2)ccc1F. The zero-order valence-corrected chi connectivity index (χ0v) is 21.2. The number of benzene rings is 2. The van der Waals surface area contributed by atoms with Crippen LogP contribution in [0.1, 0.15) is 38.2 Å². The molecular weight excluding hydrogens is 491 g/mol. The smallest absolute Gasteiger partial charge is 0.159 e. The van der Waals surface area contributed by atoms with Crippen LogP contribution in [0.15, 0.2) is 73.6 Å². The summed E-state index contributed by atoms with van der Waals surface area (Å²) in [6, 6.07) is 10.2. The predicted octanol–water partition coefficient (Wildman–Crippen LogP) is 6.34. The molecule has 2 N–H and O–H groups in total. The van der Waals surface area contributed by atoms with Gasteiger partial charge in [-0.05, 0) is 56.7 Å². The van der Waals surface area contributed by atoms with Gasteiger partial charge in [-0.25, -0.2) is 14.4 Å². The third-order valence-corrected chi connectivity index (χ3v) is 6.32. The van der Waals surface area contributed by atoms with Crippen molar-refractivity contribution in [1.29, 1.82) is 0 Å². The first-order chi connectivity index (χ1) is 17.7. The van der Waals surface area contributed by atoms with Gasteiger partial charge in [0, 0.05) is 53.1 Å². The number of hydrogen-bond donors (Lipinski definition) is 2. The Kier molecular flexibility index (Phi) is 6.54. The maximum atomic E-state index is 14.9. The standard InChI is InChI=1S/C28H24ClFN6O/c1-16(20-11-18(4-6-23(20)30)25-15-31-8-9-32-25)36-26-21-10-17(5-7-24(21)33-14-22(26)29)19-12-34-27(35-13-19)28(2,3)37/h4-16,37H,1-3H3,(H,33,36). The zero-order chi connectivity index (χ0) is 26.2. The molecule has 0 aliphatic carbocycles. The lowest BCUT2D eigenvalue weighted by atomic mass is 10.0. The van der Waals surface area contributed by atoms with Crippen LogP contribution in [0.25, 0.3) is 33.3 Å². The molecule has 0 saturated carbocycles. The van der Waals surface area contributed by atoms with Crippen molar-refractivity contribution in [2.45, 2.75) is 32.4 Å². The number of aliphatic hydroxyl groups is 1. The number of nitrogens with zero attached hydrogens (tertiary/aromatic N) is 5. The van der Waals surface area contributed by atoms with E-state index in [0.717, 1.165) is 27.6 Å². The van der Waals surface area contributed by atoms with E-state index < -0.39 is 11.6 Å². The second-order valence-electron chi connectivity index (χ2n) is 9.26. The van der Waals surface area contributed by atoms with E-state index in [9.17, 15) is 9.50 Å². The minimum Gasteiger partial charge on any atom is -0.382 e. The van der Waals surface area contributed by atoms with Crippen molar-refractivity contribution >= 4 is 28.2 Å². The Morgan fingerprint density at radius 2 is 1.65 bits per heavy atom. The van der Waals surface area contributed by atoms with Gasteiger partial charge in [0.2, 0.25) is 0 Å². The quantitative estimate of drug-likeness (QED) is 0.273. The van der Waals surface area contributed by atoms with Gasteiger partial charge in [0.05, 0.1) is 34.2 Å². The average Bonchev–Trinajstić information content (AvgIpc) is 2.90. The fourth-order valence-corrected chi connectivity index (χ4v) is 4.27. The highest BCUT2D eigenvalue weighted by Gasteiger charge is 2.20. The minimum absolute atomic E-state index is 0.337. The third kappa shape index (κ3) is 5.12. The average molecular weight is 515 g/mol. The van der Waals surface area contributed by atoms with Gasteiger partial charge in [-0.3, -0.25) is 15.0 Å². The summed E-state index contributed by atoms with van der Waals surface area (Å²) in [5, 5.41) is 14.7. The fraction of sp³-hybridized carbons (Fsp3) is 0.179. The molecule has 0 spiro atoms. The topological polar surface area (TPSA) is 96.7 Å². The molecule has 0 fully saturated rings. The number of anilines is 1. The number of rotatable bonds is 6. The number of pyridine rings is 1. The van der Waals surface area contributed by atoms with E-state index in [1.807, 2.05) is 25.1 Å². The summed E-state index contributed by atoms with van der Waals surface area (Å²) >= 11 is 6.58. The summed E-state index contributed by atoms with van der Waals surface area (Å²) in [7, 11) is 0. The monoisotopic (exact) mass is 514 g/mol. The van der Waals surface area contributed by atoms with Crippen molar-refractivity contribution in [3.05, 3.63) is 95.8 Å². The first-order valence-corrected chi connectivity index (χ1v) is 12.0. The Hall–Kier alpha value is -4.01. The van der Waals surface area contributed by atoms with E-state index in [2.05, 4.69) is 30.2 Å². The maximum absolute atomic E-state index is 14.9. The first-order valence-electron chi connectivity index (χ1n) is 11.7. The second kappa shape index (κ2) is 9.80. The van der Waals surface area contributed by atoms with Crippen LogP contribution < -0.4 is 5.32 Å². The molecule has 0 amide bonds. The predicted molar refractivity (Wildman–Crippen MR) is 142 cm³/mol. The lowest BCUT2D eigenvalue weighted by Crippen LogP contribution is -2.19. The lowest BCUT2D eigenvalue weighted by molar-refractivity contribution is 0.0687. The van der Waals surface area contributed by atoms with E-state index in [1.54, 1.807) is 63.2 Å². The van der Waals surface area contributed by atoms with Crippen LogP contribution in [0.3, 0.4) is 0 Å². The molecule has 1 atom stereocenters. The zero-order valence-electron chi connectivity index (χ0n) is 20.4. The Labute approximate surface area is 218 Å². The first kappa shape index (κ1) is 24.7. The third-order valence-electron chi connectivity index (χ3n) is 6.04. The molecule has 7 nitrogen and oxygen atoms in total. The Balaban J connectivity index is 1.51. The van der Waals surface area contributed by atoms with E-state index in [-0.39, 0.29) is 5.82 Å². The Bertz CT molecular complexity index is 1570. The van der Waals surface area contributed by atoms with Crippen LogP contribution in [-0.2, 0) is 5.60 Å². The van der Waals surface area contributed by atoms with Gasteiger partial charge in [-0.2, -0.15) is 0 Å². The van der Waals surface area contributed by atoms with Crippen molar-refractivity contribution in [2.75, 3.05) is 5.32 Å². The van der Waals surface area contributed by atoms with E-state index in [0.29, 0.717) is 27.8 Å². The fourth-order valence-electron chi connectivity index (χ4n) is 4.06. The van der Waals surface area contributed by atoms with Crippen LogP contribution in [-0.4, -0.2) is 30.0 Å². The van der Waals surface area contributed by atoms with Crippen molar-refractivity contribution in [2.24, 2.45) is 0 Å². The van der Waals surface area contributed by atoms with Gasteiger partial charge in [-0.15, -0.1) is 0 Å². The normalized spacial score (nSPS) is 12.5. The number of aromatic nitrogens is 5. The van der Waals surface area contributed by atoms with E-state index in [4.69, 9.17) is 11.6 Å². The van der Waals surface area contributed by atoms with Crippen LogP contribution in [0.2, 0.25) is 5.02 Å². The highest BCUT2D eigenvalue weighted by atomic mass is 35.5. The number of nitrogens with one attached hydrogen (secondary N) is 1. The molecule has 9 heteroatoms. The van der Waals surface area contributed by atoms with Crippen molar-refractivity contribution in [3.63, 3.8) is 0 Å². The van der Waals surface area contributed by atoms with Crippen molar-refractivity contribution < 1.29 is 9.50 Å². The summed E-state index contributed by atoms with van der Waals surface area (Å²) in [5.41, 5.74) is 3.75. The molecule has 5 aromatic rings. The minimum atomic E-state index is -1.13. The lowest BCUT2D eigenvalue weighted by Gasteiger charge is -2.20. The molecule has 2 aromatic carbocycles. The van der Waals surface area contributed by atoms with Crippen LogP contribution in [0.4, 0.5) is 10.1 Å². The molecular formula is C28H24ClFN6O. The summed E-state index contributed by atoms with van der Waals surface area (Å²) in [4.78, 5) is 21.5. The van der Waals surface area contributed by atoms with Gasteiger partial charge in [-0.1, -0.05) is 17.7 Å². The van der Waals surface area contributed by atoms with Crippen LogP contribution in [0, 0.1) is 5.82 Å². The van der Waals surface area contributed by atoms with Crippen molar-refractivity contribution in [1.82, 2.24) is 24.9 Å². The summed E-state index contributed by atoms with van der Waals surface area (Å²) in [6.07, 6.45) is 9.75. The van der Waals surface area contributed by atoms with Crippen LogP contribution >= 0.6 is 11.6 Å². The molecule has 3 heterocycles.